The van der Waals surface area contributed by atoms with Crippen LogP contribution in [0.1, 0.15) is 57.8 Å². The molecule has 2 heteroatoms. The first-order valence-corrected chi connectivity index (χ1v) is 10.00. The summed E-state index contributed by atoms with van der Waals surface area (Å²) in [7, 11) is 0. The Morgan fingerprint density at radius 1 is 0.857 bits per heavy atom. The van der Waals surface area contributed by atoms with Crippen LogP contribution in [0, 0.1) is 11.8 Å². The first-order valence-electron chi connectivity index (χ1n) is 8.77. The topological polar surface area (TPSA) is 12.0 Å². The average molecular weight is 304 g/mol. The highest BCUT2D eigenvalue weighted by atomic mass is 32.2. The predicted molar refractivity (Wildman–Crippen MR) is 94.2 cm³/mol. The Morgan fingerprint density at radius 2 is 1.52 bits per heavy atom. The maximum Gasteiger partial charge on any atom is 0.0343 e. The fourth-order valence-electron chi connectivity index (χ4n) is 4.37. The van der Waals surface area contributed by atoms with E-state index < -0.39 is 0 Å². The number of hydrogen-bond acceptors (Lipinski definition) is 2. The van der Waals surface area contributed by atoms with Gasteiger partial charge in [0.05, 0.1) is 0 Å². The van der Waals surface area contributed by atoms with E-state index >= 15 is 0 Å². The van der Waals surface area contributed by atoms with E-state index in [1.165, 1.54) is 68.4 Å². The molecule has 0 amide bonds. The molecule has 0 aliphatic heterocycles. The predicted octanol–water partition coefficient (Wildman–Crippen LogP) is 5.96. The second kappa shape index (κ2) is 7.58. The minimum Gasteiger partial charge on any atom is -0.382 e. The molecule has 116 valence electrons. The summed E-state index contributed by atoms with van der Waals surface area (Å²) in [5.74, 6) is 1.90. The second-order valence-electron chi connectivity index (χ2n) is 6.83. The summed E-state index contributed by atoms with van der Waals surface area (Å²) in [6, 6.07) is 9.72. The van der Waals surface area contributed by atoms with Crippen molar-refractivity contribution < 1.29 is 0 Å². The zero-order valence-corrected chi connectivity index (χ0v) is 14.1. The summed E-state index contributed by atoms with van der Waals surface area (Å²) in [4.78, 5) is 1.35. The zero-order chi connectivity index (χ0) is 14.5. The van der Waals surface area contributed by atoms with Gasteiger partial charge in [0.1, 0.15) is 0 Å². The first kappa shape index (κ1) is 15.3. The summed E-state index contributed by atoms with van der Waals surface area (Å²) in [5, 5.41) is 3.87. The monoisotopic (exact) mass is 303 g/mol. The number of rotatable bonds is 4. The van der Waals surface area contributed by atoms with Crippen LogP contribution in [0.3, 0.4) is 0 Å². The van der Waals surface area contributed by atoms with Gasteiger partial charge in [-0.2, -0.15) is 0 Å². The Kier molecular flexibility index (Phi) is 5.51. The molecule has 2 unspecified atom stereocenters. The van der Waals surface area contributed by atoms with Crippen molar-refractivity contribution in [3.05, 3.63) is 24.3 Å². The van der Waals surface area contributed by atoms with Crippen LogP contribution in [0.25, 0.3) is 0 Å². The largest absolute Gasteiger partial charge is 0.382 e. The van der Waals surface area contributed by atoms with Crippen LogP contribution in [0.15, 0.2) is 29.2 Å². The van der Waals surface area contributed by atoms with Crippen LogP contribution in [0.2, 0.25) is 0 Å². The summed E-state index contributed by atoms with van der Waals surface area (Å²) < 4.78 is 0. The molecule has 21 heavy (non-hydrogen) atoms. The molecule has 0 saturated heterocycles. The SMILES string of the molecule is CSc1ccc(NC2CCCCC2C2CCCCC2)cc1. The van der Waals surface area contributed by atoms with Crippen molar-refractivity contribution in [1.29, 1.82) is 0 Å². The highest BCUT2D eigenvalue weighted by molar-refractivity contribution is 7.98. The van der Waals surface area contributed by atoms with Crippen molar-refractivity contribution >= 4 is 17.4 Å². The van der Waals surface area contributed by atoms with Gasteiger partial charge in [0.15, 0.2) is 0 Å². The molecule has 0 aromatic heterocycles. The molecule has 1 N–H and O–H groups in total. The second-order valence-corrected chi connectivity index (χ2v) is 7.71. The summed E-state index contributed by atoms with van der Waals surface area (Å²) in [5.41, 5.74) is 1.32. The highest BCUT2D eigenvalue weighted by Gasteiger charge is 2.32. The van der Waals surface area contributed by atoms with Crippen molar-refractivity contribution in [2.75, 3.05) is 11.6 Å². The molecule has 2 saturated carbocycles. The molecule has 1 aromatic rings. The van der Waals surface area contributed by atoms with Crippen molar-refractivity contribution in [1.82, 2.24) is 0 Å². The number of hydrogen-bond donors (Lipinski definition) is 1. The highest BCUT2D eigenvalue weighted by Crippen LogP contribution is 2.39. The smallest absolute Gasteiger partial charge is 0.0343 e. The third-order valence-corrected chi connectivity index (χ3v) is 6.26. The van der Waals surface area contributed by atoms with Gasteiger partial charge in [-0.25, -0.2) is 0 Å². The number of thioether (sulfide) groups is 1. The molecular weight excluding hydrogens is 274 g/mol. The minimum atomic E-state index is 0.710. The quantitative estimate of drug-likeness (QED) is 0.689. The van der Waals surface area contributed by atoms with Gasteiger partial charge in [0.2, 0.25) is 0 Å². The van der Waals surface area contributed by atoms with E-state index in [9.17, 15) is 0 Å². The summed E-state index contributed by atoms with van der Waals surface area (Å²) >= 11 is 1.82. The molecule has 1 nitrogen and oxygen atoms in total. The standard InChI is InChI=1S/C19H29NS/c1-21-17-13-11-16(12-14-17)20-19-10-6-5-9-18(19)15-7-3-2-4-8-15/h11-15,18-20H,2-10H2,1H3. The average Bonchev–Trinajstić information content (AvgIpc) is 2.57. The lowest BCUT2D eigenvalue weighted by atomic mass is 9.71. The number of anilines is 1. The van der Waals surface area contributed by atoms with Gasteiger partial charge < -0.3 is 5.32 Å². The Balaban J connectivity index is 1.65. The lowest BCUT2D eigenvalue weighted by Gasteiger charge is -2.39. The van der Waals surface area contributed by atoms with Crippen molar-refractivity contribution in [2.24, 2.45) is 11.8 Å². The molecule has 0 spiro atoms. The van der Waals surface area contributed by atoms with Gasteiger partial charge in [-0.05, 0) is 55.2 Å². The van der Waals surface area contributed by atoms with Gasteiger partial charge in [0, 0.05) is 16.6 Å². The van der Waals surface area contributed by atoms with E-state index in [1.807, 2.05) is 11.8 Å². The van der Waals surface area contributed by atoms with Crippen molar-refractivity contribution in [3.8, 4) is 0 Å². The van der Waals surface area contributed by atoms with E-state index in [1.54, 1.807) is 0 Å². The molecule has 0 radical (unpaired) electrons. The zero-order valence-electron chi connectivity index (χ0n) is 13.3. The van der Waals surface area contributed by atoms with Gasteiger partial charge >= 0.3 is 0 Å². The maximum atomic E-state index is 3.87. The summed E-state index contributed by atoms with van der Waals surface area (Å²) in [6.45, 7) is 0. The molecule has 1 aromatic carbocycles. The van der Waals surface area contributed by atoms with Gasteiger partial charge in [-0.1, -0.05) is 44.9 Å². The fourth-order valence-corrected chi connectivity index (χ4v) is 4.77. The lowest BCUT2D eigenvalue weighted by molar-refractivity contribution is 0.180. The van der Waals surface area contributed by atoms with Crippen LogP contribution in [0.5, 0.6) is 0 Å². The molecule has 2 atom stereocenters. The molecular formula is C19H29NS. The molecule has 3 rings (SSSR count). The third kappa shape index (κ3) is 3.97. The molecule has 2 aliphatic carbocycles. The van der Waals surface area contributed by atoms with E-state index in [-0.39, 0.29) is 0 Å². The Morgan fingerprint density at radius 3 is 2.24 bits per heavy atom. The Hall–Kier alpha value is -0.630. The molecule has 0 bridgehead atoms. The molecule has 0 heterocycles. The summed E-state index contributed by atoms with van der Waals surface area (Å²) in [6.07, 6.45) is 15.2. The molecule has 2 fully saturated rings. The van der Waals surface area contributed by atoms with Crippen molar-refractivity contribution in [2.45, 2.75) is 68.7 Å². The first-order chi connectivity index (χ1) is 10.4. The fraction of sp³-hybridized carbons (Fsp3) is 0.684. The van der Waals surface area contributed by atoms with Crippen LogP contribution >= 0.6 is 11.8 Å². The normalized spacial score (nSPS) is 27.5. The van der Waals surface area contributed by atoms with Crippen LogP contribution in [-0.4, -0.2) is 12.3 Å². The van der Waals surface area contributed by atoms with Gasteiger partial charge in [0.25, 0.3) is 0 Å². The minimum absolute atomic E-state index is 0.710. The Labute approximate surface area is 134 Å². The number of nitrogens with one attached hydrogen (secondary N) is 1. The van der Waals surface area contributed by atoms with E-state index in [0.29, 0.717) is 6.04 Å². The van der Waals surface area contributed by atoms with E-state index in [0.717, 1.165) is 11.8 Å². The van der Waals surface area contributed by atoms with E-state index in [2.05, 4.69) is 35.8 Å². The maximum absolute atomic E-state index is 3.87. The van der Waals surface area contributed by atoms with E-state index in [4.69, 9.17) is 0 Å². The third-order valence-electron chi connectivity index (χ3n) is 5.52. The van der Waals surface area contributed by atoms with Crippen LogP contribution in [-0.2, 0) is 0 Å². The van der Waals surface area contributed by atoms with Gasteiger partial charge in [-0.3, -0.25) is 0 Å². The molecule has 2 aliphatic rings. The Bertz CT molecular complexity index is 422. The van der Waals surface area contributed by atoms with Gasteiger partial charge in [-0.15, -0.1) is 11.8 Å². The lowest BCUT2D eigenvalue weighted by Crippen LogP contribution is -2.37. The number of benzene rings is 1. The van der Waals surface area contributed by atoms with Crippen LogP contribution in [0.4, 0.5) is 5.69 Å². The van der Waals surface area contributed by atoms with Crippen LogP contribution < -0.4 is 5.32 Å². The van der Waals surface area contributed by atoms with Crippen molar-refractivity contribution in [3.63, 3.8) is 0 Å².